The zero-order chi connectivity index (χ0) is 16.6. The molecule has 0 bridgehead atoms. The number of rotatable bonds is 8. The summed E-state index contributed by atoms with van der Waals surface area (Å²) in [5.41, 5.74) is 1.32. The van der Waals surface area contributed by atoms with Crippen molar-refractivity contribution in [1.29, 1.82) is 0 Å². The van der Waals surface area contributed by atoms with E-state index in [1.54, 1.807) is 6.07 Å². The fraction of sp³-hybridized carbons (Fsp3) is 0.500. The van der Waals surface area contributed by atoms with Gasteiger partial charge in [-0.1, -0.05) is 18.6 Å². The maximum atomic E-state index is 9.14. The zero-order valence-corrected chi connectivity index (χ0v) is 14.0. The summed E-state index contributed by atoms with van der Waals surface area (Å²) >= 11 is 0. The minimum atomic E-state index is -0.000676. The molecule has 130 valence electrons. The fourth-order valence-electron chi connectivity index (χ4n) is 3.00. The number of aromatic hydroxyl groups is 1. The van der Waals surface area contributed by atoms with E-state index in [4.69, 9.17) is 9.84 Å². The summed E-state index contributed by atoms with van der Waals surface area (Å²) < 4.78 is 5.85. The van der Waals surface area contributed by atoms with Gasteiger partial charge in [-0.15, -0.1) is 5.10 Å². The van der Waals surface area contributed by atoms with Crippen LogP contribution in [-0.4, -0.2) is 46.4 Å². The maximum Gasteiger partial charge on any atom is 0.232 e. The van der Waals surface area contributed by atoms with E-state index in [0.29, 0.717) is 6.61 Å². The number of piperidine rings is 1. The molecule has 0 radical (unpaired) electrons. The van der Waals surface area contributed by atoms with Crippen LogP contribution in [0.4, 0.5) is 5.82 Å². The van der Waals surface area contributed by atoms with Gasteiger partial charge in [-0.25, -0.2) is 0 Å². The third-order valence-corrected chi connectivity index (χ3v) is 4.22. The van der Waals surface area contributed by atoms with Crippen molar-refractivity contribution >= 4 is 5.82 Å². The Kier molecular flexibility index (Phi) is 5.96. The molecule has 24 heavy (non-hydrogen) atoms. The molecule has 1 aliphatic rings. The standard InChI is InChI=1S/C18H26N4O2/c23-18-13-17(20-21-18)19-8-5-11-24-16-7-4-6-15(12-16)14-22-9-2-1-3-10-22/h4,6-7,12-13H,1-3,5,8-11,14H2,(H3,19,20,21,23). The molecule has 0 amide bonds. The Bertz CT molecular complexity index is 623. The Balaban J connectivity index is 1.38. The van der Waals surface area contributed by atoms with Crippen molar-refractivity contribution in [3.05, 3.63) is 35.9 Å². The van der Waals surface area contributed by atoms with Gasteiger partial charge in [0.15, 0.2) is 0 Å². The van der Waals surface area contributed by atoms with Gasteiger partial charge >= 0.3 is 0 Å². The highest BCUT2D eigenvalue weighted by atomic mass is 16.5. The molecular formula is C18H26N4O2. The molecule has 2 heterocycles. The zero-order valence-electron chi connectivity index (χ0n) is 14.0. The van der Waals surface area contributed by atoms with E-state index >= 15 is 0 Å². The summed E-state index contributed by atoms with van der Waals surface area (Å²) in [6.07, 6.45) is 4.87. The largest absolute Gasteiger partial charge is 0.494 e. The van der Waals surface area contributed by atoms with Crippen LogP contribution in [0.1, 0.15) is 31.2 Å². The van der Waals surface area contributed by atoms with E-state index in [1.165, 1.54) is 37.9 Å². The minimum Gasteiger partial charge on any atom is -0.494 e. The highest BCUT2D eigenvalue weighted by Crippen LogP contribution is 2.18. The normalized spacial score (nSPS) is 15.3. The molecule has 0 saturated carbocycles. The van der Waals surface area contributed by atoms with E-state index < -0.39 is 0 Å². The minimum absolute atomic E-state index is 0.000676. The highest BCUT2D eigenvalue weighted by molar-refractivity contribution is 5.36. The van der Waals surface area contributed by atoms with E-state index in [-0.39, 0.29) is 5.88 Å². The first-order valence-electron chi connectivity index (χ1n) is 8.72. The molecule has 1 aromatic heterocycles. The van der Waals surface area contributed by atoms with Crippen LogP contribution >= 0.6 is 0 Å². The van der Waals surface area contributed by atoms with Crippen LogP contribution in [0.15, 0.2) is 30.3 Å². The number of aromatic amines is 1. The smallest absolute Gasteiger partial charge is 0.232 e. The van der Waals surface area contributed by atoms with Crippen LogP contribution in [0.2, 0.25) is 0 Å². The molecule has 3 N–H and O–H groups in total. The quantitative estimate of drug-likeness (QED) is 0.649. The van der Waals surface area contributed by atoms with E-state index in [1.807, 2.05) is 6.07 Å². The highest BCUT2D eigenvalue weighted by Gasteiger charge is 2.10. The summed E-state index contributed by atoms with van der Waals surface area (Å²) in [4.78, 5) is 2.52. The molecule has 1 aromatic carbocycles. The summed E-state index contributed by atoms with van der Waals surface area (Å²) in [6, 6.07) is 9.97. The monoisotopic (exact) mass is 330 g/mol. The summed E-state index contributed by atoms with van der Waals surface area (Å²) in [7, 11) is 0. The SMILES string of the molecule is Oc1cc(NCCCOc2cccc(CN3CCCCC3)c2)[nH]n1. The Morgan fingerprint density at radius 2 is 2.08 bits per heavy atom. The fourth-order valence-corrected chi connectivity index (χ4v) is 3.00. The van der Waals surface area contributed by atoms with Crippen molar-refractivity contribution in [2.24, 2.45) is 0 Å². The summed E-state index contributed by atoms with van der Waals surface area (Å²) in [5, 5.41) is 18.6. The van der Waals surface area contributed by atoms with E-state index in [9.17, 15) is 0 Å². The lowest BCUT2D eigenvalue weighted by molar-refractivity contribution is 0.220. The molecule has 0 aliphatic carbocycles. The number of anilines is 1. The van der Waals surface area contributed by atoms with Gasteiger partial charge in [-0.3, -0.25) is 10.00 Å². The average Bonchev–Trinajstić information content (AvgIpc) is 3.01. The molecule has 3 rings (SSSR count). The first-order chi connectivity index (χ1) is 11.8. The van der Waals surface area contributed by atoms with Crippen LogP contribution < -0.4 is 10.1 Å². The van der Waals surface area contributed by atoms with E-state index in [0.717, 1.165) is 31.1 Å². The predicted octanol–water partition coefficient (Wildman–Crippen LogP) is 2.98. The average molecular weight is 330 g/mol. The molecule has 0 atom stereocenters. The Hall–Kier alpha value is -2.21. The number of hydrogen-bond acceptors (Lipinski definition) is 5. The number of ether oxygens (including phenoxy) is 1. The summed E-state index contributed by atoms with van der Waals surface area (Å²) in [6.45, 7) is 4.84. The van der Waals surface area contributed by atoms with Gasteiger partial charge in [-0.05, 0) is 50.0 Å². The molecule has 1 aliphatic heterocycles. The van der Waals surface area contributed by atoms with Gasteiger partial charge in [0.05, 0.1) is 6.61 Å². The lowest BCUT2D eigenvalue weighted by atomic mass is 10.1. The maximum absolute atomic E-state index is 9.14. The lowest BCUT2D eigenvalue weighted by Crippen LogP contribution is -2.29. The molecule has 6 heteroatoms. The van der Waals surface area contributed by atoms with E-state index in [2.05, 4.69) is 38.6 Å². The predicted molar refractivity (Wildman–Crippen MR) is 94.4 cm³/mol. The second-order valence-electron chi connectivity index (χ2n) is 6.25. The first-order valence-corrected chi connectivity index (χ1v) is 8.72. The topological polar surface area (TPSA) is 73.4 Å². The lowest BCUT2D eigenvalue weighted by Gasteiger charge is -2.26. The second-order valence-corrected chi connectivity index (χ2v) is 6.25. The molecule has 1 saturated heterocycles. The molecule has 0 spiro atoms. The third kappa shape index (κ3) is 5.16. The molecule has 6 nitrogen and oxygen atoms in total. The number of hydrogen-bond donors (Lipinski definition) is 3. The number of aromatic nitrogens is 2. The Labute approximate surface area is 142 Å². The van der Waals surface area contributed by atoms with Gasteiger partial charge in [0.25, 0.3) is 0 Å². The van der Waals surface area contributed by atoms with Crippen LogP contribution in [0, 0.1) is 0 Å². The molecular weight excluding hydrogens is 304 g/mol. The third-order valence-electron chi connectivity index (χ3n) is 4.22. The first kappa shape index (κ1) is 16.6. The van der Waals surface area contributed by atoms with Crippen LogP contribution in [0.3, 0.4) is 0 Å². The van der Waals surface area contributed by atoms with Crippen molar-refractivity contribution in [3.8, 4) is 11.6 Å². The number of likely N-dealkylation sites (tertiary alicyclic amines) is 1. The number of nitrogens with zero attached hydrogens (tertiary/aromatic N) is 2. The Morgan fingerprint density at radius 1 is 1.21 bits per heavy atom. The second kappa shape index (κ2) is 8.59. The number of H-pyrrole nitrogens is 1. The Morgan fingerprint density at radius 3 is 2.88 bits per heavy atom. The number of benzene rings is 1. The van der Waals surface area contributed by atoms with Crippen molar-refractivity contribution < 1.29 is 9.84 Å². The van der Waals surface area contributed by atoms with Gasteiger partial charge in [0.1, 0.15) is 11.6 Å². The van der Waals surface area contributed by atoms with Crippen LogP contribution in [0.25, 0.3) is 0 Å². The summed E-state index contributed by atoms with van der Waals surface area (Å²) in [5.74, 6) is 1.65. The molecule has 0 unspecified atom stereocenters. The number of nitrogens with one attached hydrogen (secondary N) is 2. The van der Waals surface area contributed by atoms with Gasteiger partial charge in [0.2, 0.25) is 5.88 Å². The van der Waals surface area contributed by atoms with Crippen molar-refractivity contribution in [2.45, 2.75) is 32.2 Å². The van der Waals surface area contributed by atoms with Gasteiger partial charge < -0.3 is 15.2 Å². The van der Waals surface area contributed by atoms with Crippen molar-refractivity contribution in [3.63, 3.8) is 0 Å². The van der Waals surface area contributed by atoms with Crippen molar-refractivity contribution in [1.82, 2.24) is 15.1 Å². The van der Waals surface area contributed by atoms with Gasteiger partial charge in [-0.2, -0.15) is 0 Å². The van der Waals surface area contributed by atoms with Crippen LogP contribution in [0.5, 0.6) is 11.6 Å². The van der Waals surface area contributed by atoms with Crippen molar-refractivity contribution in [2.75, 3.05) is 31.6 Å². The molecule has 1 fully saturated rings. The molecule has 2 aromatic rings. The van der Waals surface area contributed by atoms with Gasteiger partial charge in [0, 0.05) is 19.2 Å². The van der Waals surface area contributed by atoms with Crippen LogP contribution in [-0.2, 0) is 6.54 Å².